The van der Waals surface area contributed by atoms with E-state index in [0.717, 1.165) is 22.8 Å². The second-order valence-corrected chi connectivity index (χ2v) is 4.49. The Morgan fingerprint density at radius 3 is 2.75 bits per heavy atom. The largest absolute Gasteiger partial charge is 0.496 e. The molecule has 2 aromatic rings. The van der Waals surface area contributed by atoms with Crippen molar-refractivity contribution in [2.45, 2.75) is 26.9 Å². The number of oxazole rings is 1. The third-order valence-electron chi connectivity index (χ3n) is 3.07. The van der Waals surface area contributed by atoms with Gasteiger partial charge in [0.1, 0.15) is 11.5 Å². The summed E-state index contributed by atoms with van der Waals surface area (Å²) in [4.78, 5) is 4.30. The second-order valence-electron chi connectivity index (χ2n) is 4.49. The van der Waals surface area contributed by atoms with Crippen molar-refractivity contribution in [2.24, 2.45) is 0 Å². The van der Waals surface area contributed by atoms with Gasteiger partial charge in [0.15, 0.2) is 0 Å². The van der Waals surface area contributed by atoms with Crippen molar-refractivity contribution in [1.82, 2.24) is 10.3 Å². The first-order chi connectivity index (χ1) is 9.63. The van der Waals surface area contributed by atoms with E-state index < -0.39 is 0 Å². The van der Waals surface area contributed by atoms with Crippen LogP contribution >= 0.6 is 0 Å². The molecule has 1 heterocycles. The van der Waals surface area contributed by atoms with E-state index in [1.807, 2.05) is 19.9 Å². The number of ether oxygens (including phenoxy) is 1. The summed E-state index contributed by atoms with van der Waals surface area (Å²) in [5.41, 5.74) is 2.46. The van der Waals surface area contributed by atoms with Gasteiger partial charge in [-0.1, -0.05) is 0 Å². The number of benzene rings is 1. The molecule has 1 N–H and O–H groups in total. The maximum absolute atomic E-state index is 8.93. The van der Waals surface area contributed by atoms with Gasteiger partial charge in [0, 0.05) is 12.1 Å². The fraction of sp³-hybridized carbons (Fsp3) is 0.333. The molecule has 0 unspecified atom stereocenters. The van der Waals surface area contributed by atoms with Crippen LogP contribution in [0.4, 0.5) is 0 Å². The van der Waals surface area contributed by atoms with Crippen molar-refractivity contribution in [3.63, 3.8) is 0 Å². The van der Waals surface area contributed by atoms with Gasteiger partial charge in [-0.3, -0.25) is 0 Å². The standard InChI is InChI=1S/C15H17N3O2/c1-10-11(2)20-15(18-10)9-17-8-13-6-12(7-16)4-5-14(13)19-3/h4-6,17H,8-9H2,1-3H3. The zero-order valence-electron chi connectivity index (χ0n) is 11.9. The Balaban J connectivity index is 2.01. The molecule has 2 rings (SSSR count). The Kier molecular flexibility index (Phi) is 4.38. The molecule has 0 bridgehead atoms. The quantitative estimate of drug-likeness (QED) is 0.904. The average Bonchev–Trinajstić information content (AvgIpc) is 2.77. The summed E-state index contributed by atoms with van der Waals surface area (Å²) >= 11 is 0. The summed E-state index contributed by atoms with van der Waals surface area (Å²) in [7, 11) is 1.62. The van der Waals surface area contributed by atoms with Crippen LogP contribution in [0.3, 0.4) is 0 Å². The van der Waals surface area contributed by atoms with Gasteiger partial charge in [-0.15, -0.1) is 0 Å². The van der Waals surface area contributed by atoms with Crippen molar-refractivity contribution in [3.05, 3.63) is 46.7 Å². The molecule has 0 atom stereocenters. The van der Waals surface area contributed by atoms with E-state index in [9.17, 15) is 0 Å². The van der Waals surface area contributed by atoms with Crippen molar-refractivity contribution >= 4 is 0 Å². The van der Waals surface area contributed by atoms with Gasteiger partial charge >= 0.3 is 0 Å². The van der Waals surface area contributed by atoms with Gasteiger partial charge in [-0.2, -0.15) is 5.26 Å². The van der Waals surface area contributed by atoms with E-state index in [1.165, 1.54) is 0 Å². The Morgan fingerprint density at radius 2 is 2.15 bits per heavy atom. The minimum Gasteiger partial charge on any atom is -0.496 e. The molecule has 5 nitrogen and oxygen atoms in total. The van der Waals surface area contributed by atoms with Gasteiger partial charge in [0.05, 0.1) is 31.0 Å². The van der Waals surface area contributed by atoms with Gasteiger partial charge in [0.2, 0.25) is 5.89 Å². The maximum atomic E-state index is 8.93. The molecule has 0 aliphatic heterocycles. The highest BCUT2D eigenvalue weighted by Crippen LogP contribution is 2.19. The number of methoxy groups -OCH3 is 1. The fourth-order valence-electron chi connectivity index (χ4n) is 1.91. The molecule has 0 aliphatic carbocycles. The van der Waals surface area contributed by atoms with Gasteiger partial charge in [0.25, 0.3) is 0 Å². The van der Waals surface area contributed by atoms with Crippen LogP contribution in [-0.4, -0.2) is 12.1 Å². The van der Waals surface area contributed by atoms with E-state index >= 15 is 0 Å². The summed E-state index contributed by atoms with van der Waals surface area (Å²) in [5.74, 6) is 2.26. The predicted molar refractivity (Wildman–Crippen MR) is 74.2 cm³/mol. The molecule has 0 aliphatic rings. The Bertz CT molecular complexity index is 622. The number of nitrogens with zero attached hydrogens (tertiary/aromatic N) is 2. The first kappa shape index (κ1) is 14.1. The zero-order chi connectivity index (χ0) is 14.5. The number of aromatic nitrogens is 1. The molecule has 5 heteroatoms. The van der Waals surface area contributed by atoms with Crippen molar-refractivity contribution < 1.29 is 9.15 Å². The van der Waals surface area contributed by atoms with Crippen LogP contribution in [0.1, 0.15) is 28.5 Å². The first-order valence-corrected chi connectivity index (χ1v) is 6.34. The summed E-state index contributed by atoms with van der Waals surface area (Å²) in [6, 6.07) is 7.48. The number of nitrogens with one attached hydrogen (secondary N) is 1. The molecular formula is C15H17N3O2. The lowest BCUT2D eigenvalue weighted by molar-refractivity contribution is 0.405. The Hall–Kier alpha value is -2.32. The highest BCUT2D eigenvalue weighted by atomic mass is 16.5. The van der Waals surface area contributed by atoms with E-state index in [1.54, 1.807) is 19.2 Å². The lowest BCUT2D eigenvalue weighted by atomic mass is 10.1. The highest BCUT2D eigenvalue weighted by Gasteiger charge is 2.07. The molecule has 0 fully saturated rings. The van der Waals surface area contributed by atoms with Crippen LogP contribution in [-0.2, 0) is 13.1 Å². The predicted octanol–water partition coefficient (Wildman–Crippen LogP) is 2.46. The molecular weight excluding hydrogens is 254 g/mol. The number of hydrogen-bond donors (Lipinski definition) is 1. The van der Waals surface area contributed by atoms with Crippen molar-refractivity contribution in [3.8, 4) is 11.8 Å². The topological polar surface area (TPSA) is 71.1 Å². The lowest BCUT2D eigenvalue weighted by Crippen LogP contribution is -2.13. The highest BCUT2D eigenvalue weighted by molar-refractivity contribution is 5.41. The van der Waals surface area contributed by atoms with E-state index in [4.69, 9.17) is 14.4 Å². The van der Waals surface area contributed by atoms with Crippen LogP contribution in [0.15, 0.2) is 22.6 Å². The monoisotopic (exact) mass is 271 g/mol. The summed E-state index contributed by atoms with van der Waals surface area (Å²) in [6.07, 6.45) is 0. The van der Waals surface area contributed by atoms with E-state index in [0.29, 0.717) is 24.5 Å². The number of hydrogen-bond acceptors (Lipinski definition) is 5. The van der Waals surface area contributed by atoms with Crippen LogP contribution < -0.4 is 10.1 Å². The van der Waals surface area contributed by atoms with E-state index in [2.05, 4.69) is 16.4 Å². The third kappa shape index (κ3) is 3.16. The molecule has 104 valence electrons. The fourth-order valence-corrected chi connectivity index (χ4v) is 1.91. The van der Waals surface area contributed by atoms with Crippen LogP contribution in [0.25, 0.3) is 0 Å². The summed E-state index contributed by atoms with van der Waals surface area (Å²) in [6.45, 7) is 4.93. The molecule has 20 heavy (non-hydrogen) atoms. The van der Waals surface area contributed by atoms with Gasteiger partial charge < -0.3 is 14.5 Å². The molecule has 0 spiro atoms. The number of rotatable bonds is 5. The molecule has 0 radical (unpaired) electrons. The second kappa shape index (κ2) is 6.22. The summed E-state index contributed by atoms with van der Waals surface area (Å²) in [5, 5.41) is 12.2. The van der Waals surface area contributed by atoms with Crippen LogP contribution in [0, 0.1) is 25.2 Å². The van der Waals surface area contributed by atoms with Crippen LogP contribution in [0.5, 0.6) is 5.75 Å². The number of nitriles is 1. The smallest absolute Gasteiger partial charge is 0.208 e. The molecule has 1 aromatic carbocycles. The third-order valence-corrected chi connectivity index (χ3v) is 3.07. The molecule has 0 amide bonds. The summed E-state index contributed by atoms with van der Waals surface area (Å²) < 4.78 is 10.8. The zero-order valence-corrected chi connectivity index (χ0v) is 11.9. The average molecular weight is 271 g/mol. The van der Waals surface area contributed by atoms with E-state index in [-0.39, 0.29) is 0 Å². The molecule has 0 saturated carbocycles. The minimum atomic E-state index is 0.536. The maximum Gasteiger partial charge on any atom is 0.208 e. The van der Waals surface area contributed by atoms with Crippen molar-refractivity contribution in [1.29, 1.82) is 5.26 Å². The Morgan fingerprint density at radius 1 is 1.35 bits per heavy atom. The minimum absolute atomic E-state index is 0.536. The van der Waals surface area contributed by atoms with Crippen LogP contribution in [0.2, 0.25) is 0 Å². The lowest BCUT2D eigenvalue weighted by Gasteiger charge is -2.09. The van der Waals surface area contributed by atoms with Gasteiger partial charge in [-0.05, 0) is 32.0 Å². The SMILES string of the molecule is COc1ccc(C#N)cc1CNCc1nc(C)c(C)o1. The Labute approximate surface area is 118 Å². The van der Waals surface area contributed by atoms with Gasteiger partial charge in [-0.25, -0.2) is 4.98 Å². The normalized spacial score (nSPS) is 10.3. The molecule has 1 aromatic heterocycles. The first-order valence-electron chi connectivity index (χ1n) is 6.34. The van der Waals surface area contributed by atoms with Crippen molar-refractivity contribution in [2.75, 3.05) is 7.11 Å². The molecule has 0 saturated heterocycles. The number of aryl methyl sites for hydroxylation is 2.